The van der Waals surface area contributed by atoms with Crippen LogP contribution < -0.4 is 0 Å². The molecule has 0 bridgehead atoms. The molecule has 0 aromatic heterocycles. The van der Waals surface area contributed by atoms with Crippen LogP contribution in [0.1, 0.15) is 0 Å². The Morgan fingerprint density at radius 2 is 1.07 bits per heavy atom. The Balaban J connectivity index is -0.000000209. The van der Waals surface area contributed by atoms with Crippen molar-refractivity contribution in [3.63, 3.8) is 0 Å². The van der Waals surface area contributed by atoms with Crippen LogP contribution in [-0.4, -0.2) is 65.5 Å². The molecule has 6 N–H and O–H groups in total. The van der Waals surface area contributed by atoms with E-state index in [2.05, 4.69) is 4.31 Å². The molecule has 0 aromatic rings. The second-order valence-corrected chi connectivity index (χ2v) is 3.96. The van der Waals surface area contributed by atoms with Crippen LogP contribution in [0, 0.1) is 0 Å². The van der Waals surface area contributed by atoms with Gasteiger partial charge in [0.2, 0.25) is 0 Å². The number of carboxylic acid groups (broad SMARTS) is 2. The van der Waals surface area contributed by atoms with Gasteiger partial charge in [-0.15, -0.1) is 0 Å². The number of hydrogen-bond donors (Lipinski definition) is 6. The summed E-state index contributed by atoms with van der Waals surface area (Å²) in [6.45, 7) is 0. The zero-order valence-corrected chi connectivity index (χ0v) is 7.50. The van der Waals surface area contributed by atoms with Crippen molar-refractivity contribution in [2.45, 2.75) is 0 Å². The van der Waals surface area contributed by atoms with E-state index in [-0.39, 0.29) is 29.6 Å². The molecule has 13 heteroatoms. The summed E-state index contributed by atoms with van der Waals surface area (Å²) in [6.07, 6.45) is -1.83. The van der Waals surface area contributed by atoms with Crippen molar-refractivity contribution in [3.05, 3.63) is 0 Å². The number of phosphoric acid groups is 2. The molecule has 0 atom stereocenters. The Labute approximate surface area is 99.3 Å². The van der Waals surface area contributed by atoms with E-state index in [1.807, 2.05) is 0 Å². The molecule has 0 saturated heterocycles. The van der Waals surface area contributed by atoms with Gasteiger partial charge in [-0.1, -0.05) is 0 Å². The zero-order chi connectivity index (χ0) is 11.3. The van der Waals surface area contributed by atoms with E-state index in [9.17, 15) is 9.13 Å². The van der Waals surface area contributed by atoms with E-state index in [1.165, 1.54) is 0 Å². The summed E-state index contributed by atoms with van der Waals surface area (Å²) >= 11 is 0. The molecule has 14 heavy (non-hydrogen) atoms. The van der Waals surface area contributed by atoms with E-state index in [1.54, 1.807) is 0 Å². The molecule has 0 aromatic carbocycles. The third kappa shape index (κ3) is 39.1. The summed E-state index contributed by atoms with van der Waals surface area (Å²) < 4.78 is 22.2. The van der Waals surface area contributed by atoms with Gasteiger partial charge in [0, 0.05) is 0 Å². The van der Waals surface area contributed by atoms with Crippen molar-refractivity contribution in [1.82, 2.24) is 0 Å². The molecule has 0 aliphatic rings. The maximum atomic E-state index is 9.63. The van der Waals surface area contributed by atoms with Gasteiger partial charge in [0.1, 0.15) is 0 Å². The molecule has 10 nitrogen and oxygen atoms in total. The molecule has 0 rings (SSSR count). The van der Waals surface area contributed by atoms with Crippen molar-refractivity contribution in [2.75, 3.05) is 0 Å². The van der Waals surface area contributed by atoms with Crippen LogP contribution >= 0.6 is 15.6 Å². The van der Waals surface area contributed by atoms with Gasteiger partial charge in [-0.3, -0.25) is 0 Å². The molecule has 0 unspecified atom stereocenters. The first-order chi connectivity index (χ1) is 5.44. The quantitative estimate of drug-likeness (QED) is 0.260. The van der Waals surface area contributed by atoms with Gasteiger partial charge in [0.25, 0.3) is 0 Å². The third-order valence-corrected chi connectivity index (χ3v) is 1.91. The van der Waals surface area contributed by atoms with Crippen molar-refractivity contribution >= 4 is 51.4 Å². The molecule has 82 valence electrons. The Morgan fingerprint density at radius 3 is 1.07 bits per heavy atom. The topological polar surface area (TPSA) is 182 Å². The number of hydrogen-bond acceptors (Lipinski definition) is 4. The van der Waals surface area contributed by atoms with E-state index in [0.717, 1.165) is 0 Å². The molecule has 0 fully saturated rings. The standard InChI is InChI=1S/CH2O3.Na.H4O7P2.H/c2-1(3)4;;1-8(2,3)7-9(4,5)6;/h(H2,2,3,4);;(H2,1,2,3)(H2,4,5,6);. The monoisotopic (exact) mass is 264 g/mol. The molecule has 0 heterocycles. The van der Waals surface area contributed by atoms with Crippen LogP contribution in [0.3, 0.4) is 0 Å². The number of carbonyl (C=O) groups is 1. The van der Waals surface area contributed by atoms with Gasteiger partial charge in [-0.2, -0.15) is 4.31 Å². The van der Waals surface area contributed by atoms with Crippen LogP contribution in [0.25, 0.3) is 0 Å². The second kappa shape index (κ2) is 7.77. The van der Waals surface area contributed by atoms with Crippen molar-refractivity contribution < 1.29 is 48.0 Å². The first-order valence-electron chi connectivity index (χ1n) is 2.18. The average molecular weight is 264 g/mol. The summed E-state index contributed by atoms with van der Waals surface area (Å²) in [5, 5.41) is 13.9. The van der Waals surface area contributed by atoms with Crippen LogP contribution in [0.4, 0.5) is 4.79 Å². The van der Waals surface area contributed by atoms with Gasteiger partial charge >= 0.3 is 51.4 Å². The minimum atomic E-state index is -5.05. The second-order valence-electron chi connectivity index (χ2n) is 1.35. The van der Waals surface area contributed by atoms with Gasteiger partial charge in [0.15, 0.2) is 0 Å². The van der Waals surface area contributed by atoms with Crippen molar-refractivity contribution in [2.24, 2.45) is 0 Å². The SMILES string of the molecule is O=C(O)O.O=P(O)(O)OP(=O)(O)O.[NaH]. The van der Waals surface area contributed by atoms with E-state index < -0.39 is 21.8 Å². The first-order valence-corrected chi connectivity index (χ1v) is 5.24. The molecule has 0 aliphatic carbocycles. The van der Waals surface area contributed by atoms with Gasteiger partial charge in [-0.25, -0.2) is 13.9 Å². The molecular formula is CH7NaO10P2. The van der Waals surface area contributed by atoms with Crippen LogP contribution in [-0.2, 0) is 13.4 Å². The van der Waals surface area contributed by atoms with E-state index in [0.29, 0.717) is 0 Å². The average Bonchev–Trinajstić information content (AvgIpc) is 1.47. The Hall–Kier alpha value is 0.530. The predicted molar refractivity (Wildman–Crippen MR) is 43.0 cm³/mol. The molecular weight excluding hydrogens is 257 g/mol. The normalized spacial score (nSPS) is 10.6. The summed E-state index contributed by atoms with van der Waals surface area (Å²) in [6, 6.07) is 0. The van der Waals surface area contributed by atoms with E-state index in [4.69, 9.17) is 34.6 Å². The van der Waals surface area contributed by atoms with Crippen LogP contribution in [0.15, 0.2) is 0 Å². The molecule has 0 saturated carbocycles. The van der Waals surface area contributed by atoms with Gasteiger partial charge in [0.05, 0.1) is 0 Å². The zero-order valence-electron chi connectivity index (χ0n) is 5.71. The van der Waals surface area contributed by atoms with Crippen LogP contribution in [0.2, 0.25) is 0 Å². The molecule has 0 radical (unpaired) electrons. The van der Waals surface area contributed by atoms with Gasteiger partial charge in [-0.05, 0) is 0 Å². The predicted octanol–water partition coefficient (Wildman–Crippen LogP) is -1.24. The molecule has 0 amide bonds. The Bertz CT molecular complexity index is 223. The Morgan fingerprint density at radius 1 is 0.929 bits per heavy atom. The Kier molecular flexibility index (Phi) is 11.1. The van der Waals surface area contributed by atoms with Crippen LogP contribution in [0.5, 0.6) is 0 Å². The molecule has 0 aliphatic heterocycles. The fourth-order valence-corrected chi connectivity index (χ4v) is 1.25. The maximum absolute atomic E-state index is 9.63. The summed E-state index contributed by atoms with van der Waals surface area (Å²) in [7, 11) is -10.1. The fraction of sp³-hybridized carbons (Fsp3) is 0. The van der Waals surface area contributed by atoms with Gasteiger partial charge < -0.3 is 29.8 Å². The summed E-state index contributed by atoms with van der Waals surface area (Å²) in [4.78, 5) is 39.6. The fourth-order valence-electron chi connectivity index (χ4n) is 0.139. The molecule has 0 spiro atoms. The van der Waals surface area contributed by atoms with Crippen molar-refractivity contribution in [1.29, 1.82) is 0 Å². The third-order valence-electron chi connectivity index (χ3n) is 0.213. The number of rotatable bonds is 2. The summed E-state index contributed by atoms with van der Waals surface area (Å²) in [5.41, 5.74) is 0. The van der Waals surface area contributed by atoms with E-state index >= 15 is 0 Å². The van der Waals surface area contributed by atoms with Crippen molar-refractivity contribution in [3.8, 4) is 0 Å². The first kappa shape index (κ1) is 20.0. The summed E-state index contributed by atoms with van der Waals surface area (Å²) in [5.74, 6) is 0. The minimum absolute atomic E-state index is 0.